The molecule has 0 fully saturated rings. The minimum absolute atomic E-state index is 0.00777. The number of benzene rings is 2. The Morgan fingerprint density at radius 2 is 1.07 bits per heavy atom. The highest BCUT2D eigenvalue weighted by molar-refractivity contribution is 5.56. The van der Waals surface area contributed by atoms with Crippen LogP contribution in [0.5, 0.6) is 23.0 Å². The van der Waals surface area contributed by atoms with Crippen molar-refractivity contribution in [3.63, 3.8) is 0 Å². The van der Waals surface area contributed by atoms with Crippen LogP contribution in [0.1, 0.15) is 72.6 Å². The second-order valence-corrected chi connectivity index (χ2v) is 8.94. The average Bonchev–Trinajstić information content (AvgIpc) is 2.66. The summed E-state index contributed by atoms with van der Waals surface area (Å²) in [5, 5.41) is 38.9. The van der Waals surface area contributed by atoms with Gasteiger partial charge in [-0.3, -0.25) is 0 Å². The Balaban J connectivity index is 1.13. The van der Waals surface area contributed by atoms with Crippen molar-refractivity contribution >= 4 is 0 Å². The molecule has 4 atom stereocenters. The normalized spacial score (nSPS) is 21.1. The quantitative estimate of drug-likeness (QED) is 0.276. The Labute approximate surface area is 177 Å². The molecule has 2 aromatic carbocycles. The van der Waals surface area contributed by atoms with Gasteiger partial charge < -0.3 is 31.9 Å². The van der Waals surface area contributed by atoms with Crippen molar-refractivity contribution in [2.75, 3.05) is 0 Å². The highest BCUT2D eigenvalue weighted by Crippen LogP contribution is 2.47. The fourth-order valence-corrected chi connectivity index (χ4v) is 5.08. The van der Waals surface area contributed by atoms with Crippen molar-refractivity contribution in [2.45, 2.75) is 75.3 Å². The first-order chi connectivity index (χ1) is 14.4. The van der Waals surface area contributed by atoms with Gasteiger partial charge in [0.1, 0.15) is 0 Å². The van der Waals surface area contributed by atoms with Crippen molar-refractivity contribution in [1.29, 1.82) is 0 Å². The van der Waals surface area contributed by atoms with E-state index >= 15 is 0 Å². The second-order valence-electron chi connectivity index (χ2n) is 8.94. The maximum atomic E-state index is 9.87. The molecule has 2 aliphatic rings. The monoisotopic (exact) mass is 412 g/mol. The molecule has 0 saturated carbocycles. The molecule has 2 unspecified atom stereocenters. The minimum Gasteiger partial charge on any atom is -0.504 e. The Morgan fingerprint density at radius 1 is 0.667 bits per heavy atom. The van der Waals surface area contributed by atoms with Crippen LogP contribution in [0, 0.1) is 0 Å². The average molecular weight is 413 g/mol. The third-order valence-electron chi connectivity index (χ3n) is 7.10. The lowest BCUT2D eigenvalue weighted by Crippen LogP contribution is -2.35. The van der Waals surface area contributed by atoms with Crippen LogP contribution < -0.4 is 11.5 Å². The molecule has 0 radical (unpaired) electrons. The van der Waals surface area contributed by atoms with Crippen LogP contribution in [0.25, 0.3) is 0 Å². The molecule has 162 valence electrons. The second kappa shape index (κ2) is 8.36. The summed E-state index contributed by atoms with van der Waals surface area (Å²) in [4.78, 5) is 0. The number of fused-ring (bicyclic) bond motifs is 2. The van der Waals surface area contributed by atoms with Crippen LogP contribution in [-0.2, 0) is 12.8 Å². The standard InChI is InChI=1S/C24H32N2O4/c25-19(15-11-17-13(15)7-9-21(27)23(17)29)5-3-1-2-4-6-20(26)16-12-18-14(16)8-10-22(28)24(18)30/h7-10,15-16,19-20,27-30H,1-6,11-12,25-26H2/t15?,16?,19-,20-/m1/s1. The third-order valence-corrected chi connectivity index (χ3v) is 7.10. The van der Waals surface area contributed by atoms with E-state index < -0.39 is 0 Å². The zero-order chi connectivity index (χ0) is 21.4. The van der Waals surface area contributed by atoms with Gasteiger partial charge >= 0.3 is 0 Å². The van der Waals surface area contributed by atoms with Crippen LogP contribution in [0.15, 0.2) is 24.3 Å². The molecule has 2 aliphatic carbocycles. The summed E-state index contributed by atoms with van der Waals surface area (Å²) in [6, 6.07) is 7.00. The number of rotatable bonds is 9. The molecule has 0 aromatic heterocycles. The van der Waals surface area contributed by atoms with Gasteiger partial charge in [0.2, 0.25) is 0 Å². The van der Waals surface area contributed by atoms with Gasteiger partial charge in [-0.1, -0.05) is 37.8 Å². The molecule has 6 nitrogen and oxygen atoms in total. The predicted molar refractivity (Wildman–Crippen MR) is 116 cm³/mol. The highest BCUT2D eigenvalue weighted by Gasteiger charge is 2.35. The molecule has 0 amide bonds. The Morgan fingerprint density at radius 3 is 1.47 bits per heavy atom. The Hall–Kier alpha value is -2.44. The third kappa shape index (κ3) is 3.70. The van der Waals surface area contributed by atoms with Gasteiger partial charge in [-0.2, -0.15) is 0 Å². The summed E-state index contributed by atoms with van der Waals surface area (Å²) >= 11 is 0. The van der Waals surface area contributed by atoms with E-state index in [-0.39, 0.29) is 46.9 Å². The van der Waals surface area contributed by atoms with Crippen molar-refractivity contribution in [3.05, 3.63) is 46.5 Å². The van der Waals surface area contributed by atoms with E-state index in [1.807, 2.05) is 12.1 Å². The van der Waals surface area contributed by atoms with Crippen molar-refractivity contribution < 1.29 is 20.4 Å². The lowest BCUT2D eigenvalue weighted by atomic mass is 9.71. The van der Waals surface area contributed by atoms with E-state index in [1.165, 1.54) is 0 Å². The zero-order valence-corrected chi connectivity index (χ0v) is 17.2. The molecule has 0 heterocycles. The van der Waals surface area contributed by atoms with Gasteiger partial charge in [-0.05, 0) is 48.9 Å². The molecule has 4 rings (SSSR count). The highest BCUT2D eigenvalue weighted by atomic mass is 16.3. The summed E-state index contributed by atoms with van der Waals surface area (Å²) < 4.78 is 0. The van der Waals surface area contributed by atoms with Crippen molar-refractivity contribution in [2.24, 2.45) is 11.5 Å². The minimum atomic E-state index is -0.0562. The van der Waals surface area contributed by atoms with Crippen molar-refractivity contribution in [1.82, 2.24) is 0 Å². The summed E-state index contributed by atoms with van der Waals surface area (Å²) in [5.74, 6) is 0.448. The molecular formula is C24H32N2O4. The Bertz CT molecular complexity index is 854. The van der Waals surface area contributed by atoms with Gasteiger partial charge in [-0.15, -0.1) is 0 Å². The summed E-state index contributed by atoms with van der Waals surface area (Å²) in [5.41, 5.74) is 16.6. The maximum absolute atomic E-state index is 9.87. The first-order valence-electron chi connectivity index (χ1n) is 11.0. The smallest absolute Gasteiger partial charge is 0.160 e. The lowest BCUT2D eigenvalue weighted by Gasteiger charge is -2.35. The molecule has 0 aliphatic heterocycles. The first-order valence-corrected chi connectivity index (χ1v) is 11.0. The fourth-order valence-electron chi connectivity index (χ4n) is 5.08. The molecule has 30 heavy (non-hydrogen) atoms. The number of hydrogen-bond donors (Lipinski definition) is 6. The van der Waals surface area contributed by atoms with E-state index in [0.717, 1.165) is 73.6 Å². The number of aromatic hydroxyl groups is 4. The van der Waals surface area contributed by atoms with Gasteiger partial charge in [0.15, 0.2) is 23.0 Å². The van der Waals surface area contributed by atoms with Crippen LogP contribution in [-0.4, -0.2) is 32.5 Å². The molecule has 0 spiro atoms. The van der Waals surface area contributed by atoms with Gasteiger partial charge in [0.25, 0.3) is 0 Å². The van der Waals surface area contributed by atoms with Crippen molar-refractivity contribution in [3.8, 4) is 23.0 Å². The lowest BCUT2D eigenvalue weighted by molar-refractivity contribution is 0.373. The molecule has 6 heteroatoms. The topological polar surface area (TPSA) is 133 Å². The number of unbranched alkanes of at least 4 members (excludes halogenated alkanes) is 3. The molecule has 8 N–H and O–H groups in total. The van der Waals surface area contributed by atoms with E-state index in [9.17, 15) is 20.4 Å². The van der Waals surface area contributed by atoms with Gasteiger partial charge in [0.05, 0.1) is 0 Å². The van der Waals surface area contributed by atoms with Crippen LogP contribution in [0.3, 0.4) is 0 Å². The summed E-state index contributed by atoms with van der Waals surface area (Å²) in [7, 11) is 0. The molecule has 0 saturated heterocycles. The van der Waals surface area contributed by atoms with E-state index in [0.29, 0.717) is 0 Å². The van der Waals surface area contributed by atoms with Crippen LogP contribution in [0.2, 0.25) is 0 Å². The fraction of sp³-hybridized carbons (Fsp3) is 0.500. The molecule has 0 bridgehead atoms. The van der Waals surface area contributed by atoms with E-state index in [2.05, 4.69) is 0 Å². The van der Waals surface area contributed by atoms with Gasteiger partial charge in [-0.25, -0.2) is 0 Å². The first kappa shape index (κ1) is 20.8. The Kier molecular flexibility index (Phi) is 5.80. The zero-order valence-electron chi connectivity index (χ0n) is 17.2. The largest absolute Gasteiger partial charge is 0.504 e. The van der Waals surface area contributed by atoms with E-state index in [1.54, 1.807) is 12.1 Å². The van der Waals surface area contributed by atoms with Crippen LogP contribution >= 0.6 is 0 Å². The molecular weight excluding hydrogens is 380 g/mol. The molecule has 2 aromatic rings. The SMILES string of the molecule is N[C@H](CCCCCC[C@@H](N)C1Cc2c1ccc(O)c2O)C1Cc2c1ccc(O)c2O. The number of phenolic OH excluding ortho intramolecular Hbond substituents is 4. The number of phenols is 4. The summed E-state index contributed by atoms with van der Waals surface area (Å²) in [6.45, 7) is 0. The predicted octanol–water partition coefficient (Wildman–Crippen LogP) is 3.48. The van der Waals surface area contributed by atoms with Gasteiger partial charge in [0, 0.05) is 35.0 Å². The number of hydrogen-bond acceptors (Lipinski definition) is 6. The maximum Gasteiger partial charge on any atom is 0.160 e. The summed E-state index contributed by atoms with van der Waals surface area (Å²) in [6.07, 6.45) is 7.78. The number of nitrogens with two attached hydrogens (primary N) is 2. The van der Waals surface area contributed by atoms with Crippen LogP contribution in [0.4, 0.5) is 0 Å². The van der Waals surface area contributed by atoms with E-state index in [4.69, 9.17) is 11.5 Å².